The van der Waals surface area contributed by atoms with Gasteiger partial charge in [0.05, 0.1) is 20.1 Å². The van der Waals surface area contributed by atoms with E-state index in [4.69, 9.17) is 21.1 Å². The summed E-state index contributed by atoms with van der Waals surface area (Å²) in [6.45, 7) is 2.15. The van der Waals surface area contributed by atoms with Gasteiger partial charge < -0.3 is 9.47 Å². The van der Waals surface area contributed by atoms with E-state index in [9.17, 15) is 4.79 Å². The van der Waals surface area contributed by atoms with Gasteiger partial charge >= 0.3 is 5.97 Å². The minimum absolute atomic E-state index is 0.200. The van der Waals surface area contributed by atoms with E-state index in [1.807, 2.05) is 0 Å². The van der Waals surface area contributed by atoms with Crippen molar-refractivity contribution in [2.45, 2.75) is 18.7 Å². The van der Waals surface area contributed by atoms with Crippen LogP contribution < -0.4 is 4.74 Å². The minimum Gasteiger partial charge on any atom is -0.497 e. The zero-order valence-corrected chi connectivity index (χ0v) is 12.1. The van der Waals surface area contributed by atoms with E-state index < -0.39 is 0 Å². The fraction of sp³-hybridized carbons (Fsp3) is 0.417. The largest absolute Gasteiger partial charge is 0.497 e. The van der Waals surface area contributed by atoms with Gasteiger partial charge in [-0.25, -0.2) is 0 Å². The number of ether oxygens (including phenoxy) is 2. The molecule has 1 aromatic carbocycles. The maximum atomic E-state index is 11.5. The molecule has 0 radical (unpaired) electrons. The van der Waals surface area contributed by atoms with Gasteiger partial charge in [-0.15, -0.1) is 0 Å². The molecule has 5 heteroatoms. The number of hydrogen-bond donors (Lipinski definition) is 0. The number of methoxy groups -OCH3 is 1. The van der Waals surface area contributed by atoms with Gasteiger partial charge in [0.25, 0.3) is 0 Å². The van der Waals surface area contributed by atoms with Crippen molar-refractivity contribution in [3.05, 3.63) is 28.3 Å². The van der Waals surface area contributed by atoms with Crippen LogP contribution in [0, 0.1) is 0 Å². The first-order chi connectivity index (χ1) is 8.12. The number of carbonyl (C=O) groups excluding carboxylic acids is 1. The van der Waals surface area contributed by atoms with Crippen molar-refractivity contribution in [2.75, 3.05) is 13.7 Å². The van der Waals surface area contributed by atoms with Crippen LogP contribution in [-0.4, -0.2) is 19.7 Å². The maximum Gasteiger partial charge on any atom is 0.310 e. The molecule has 17 heavy (non-hydrogen) atoms. The second-order valence-corrected chi connectivity index (χ2v) is 4.33. The van der Waals surface area contributed by atoms with E-state index in [1.54, 1.807) is 26.2 Å². The molecule has 94 valence electrons. The van der Waals surface area contributed by atoms with Gasteiger partial charge in [-0.3, -0.25) is 4.79 Å². The van der Waals surface area contributed by atoms with Gasteiger partial charge in [0, 0.05) is 10.4 Å². The van der Waals surface area contributed by atoms with Crippen LogP contribution in [0.3, 0.4) is 0 Å². The topological polar surface area (TPSA) is 35.5 Å². The first kappa shape index (κ1) is 14.3. The number of rotatable bonds is 5. The van der Waals surface area contributed by atoms with Crippen LogP contribution >= 0.6 is 27.5 Å². The van der Waals surface area contributed by atoms with E-state index in [0.717, 1.165) is 11.1 Å². The minimum atomic E-state index is -0.265. The van der Waals surface area contributed by atoms with Gasteiger partial charge in [0.1, 0.15) is 5.75 Å². The lowest BCUT2D eigenvalue weighted by atomic mass is 10.1. The van der Waals surface area contributed by atoms with Crippen molar-refractivity contribution in [2.24, 2.45) is 0 Å². The highest BCUT2D eigenvalue weighted by Gasteiger charge is 2.13. The van der Waals surface area contributed by atoms with Gasteiger partial charge in [0.2, 0.25) is 0 Å². The average Bonchev–Trinajstić information content (AvgIpc) is 2.28. The Morgan fingerprint density at radius 2 is 2.18 bits per heavy atom. The van der Waals surface area contributed by atoms with E-state index in [1.165, 1.54) is 0 Å². The van der Waals surface area contributed by atoms with Crippen molar-refractivity contribution < 1.29 is 14.3 Å². The van der Waals surface area contributed by atoms with Crippen LogP contribution in [0.4, 0.5) is 0 Å². The second kappa shape index (κ2) is 6.87. The standard InChI is InChI=1S/C12H14BrClO3/c1-3-17-12(15)5-8-4-9(16-2)6-11(14)10(8)7-13/h4,6H,3,5,7H2,1-2H3. The molecule has 0 bridgehead atoms. The molecular formula is C12H14BrClO3. The lowest BCUT2D eigenvalue weighted by Crippen LogP contribution is -2.09. The van der Waals surface area contributed by atoms with Crippen LogP contribution in [0.5, 0.6) is 5.75 Å². The number of esters is 1. The third kappa shape index (κ3) is 3.89. The molecule has 0 unspecified atom stereocenters. The summed E-state index contributed by atoms with van der Waals surface area (Å²) in [6.07, 6.45) is 0.200. The Morgan fingerprint density at radius 3 is 2.71 bits per heavy atom. The van der Waals surface area contributed by atoms with Crippen molar-refractivity contribution in [1.29, 1.82) is 0 Å². The average molecular weight is 322 g/mol. The maximum absolute atomic E-state index is 11.5. The molecule has 1 aromatic rings. The summed E-state index contributed by atoms with van der Waals surface area (Å²) in [7, 11) is 1.56. The van der Waals surface area contributed by atoms with Gasteiger partial charge in [-0.1, -0.05) is 27.5 Å². The normalized spacial score (nSPS) is 10.1. The SMILES string of the molecule is CCOC(=O)Cc1cc(OC)cc(Cl)c1CBr. The van der Waals surface area contributed by atoms with E-state index >= 15 is 0 Å². The monoisotopic (exact) mass is 320 g/mol. The Morgan fingerprint density at radius 1 is 1.47 bits per heavy atom. The molecule has 0 aliphatic rings. The Labute approximate surface area is 114 Å². The van der Waals surface area contributed by atoms with Crippen LogP contribution in [0.2, 0.25) is 5.02 Å². The lowest BCUT2D eigenvalue weighted by Gasteiger charge is -2.11. The van der Waals surface area contributed by atoms with Gasteiger partial charge in [-0.05, 0) is 30.2 Å². The fourth-order valence-electron chi connectivity index (χ4n) is 1.46. The molecule has 3 nitrogen and oxygen atoms in total. The van der Waals surface area contributed by atoms with Gasteiger partial charge in [0.15, 0.2) is 0 Å². The van der Waals surface area contributed by atoms with E-state index in [0.29, 0.717) is 22.7 Å². The first-order valence-electron chi connectivity index (χ1n) is 5.19. The molecule has 0 atom stereocenters. The summed E-state index contributed by atoms with van der Waals surface area (Å²) in [5, 5.41) is 1.17. The summed E-state index contributed by atoms with van der Waals surface area (Å²) < 4.78 is 10.0. The molecule has 0 N–H and O–H groups in total. The summed E-state index contributed by atoms with van der Waals surface area (Å²) in [4.78, 5) is 11.5. The molecule has 0 spiro atoms. The predicted octanol–water partition coefficient (Wildman–Crippen LogP) is 3.35. The van der Waals surface area contributed by atoms with Crippen molar-refractivity contribution in [3.8, 4) is 5.75 Å². The highest BCUT2D eigenvalue weighted by atomic mass is 79.9. The van der Waals surface area contributed by atoms with Crippen LogP contribution in [0.1, 0.15) is 18.1 Å². The molecule has 1 rings (SSSR count). The van der Waals surface area contributed by atoms with Gasteiger partial charge in [-0.2, -0.15) is 0 Å². The second-order valence-electron chi connectivity index (χ2n) is 3.36. The van der Waals surface area contributed by atoms with Crippen molar-refractivity contribution >= 4 is 33.5 Å². The third-order valence-electron chi connectivity index (χ3n) is 2.27. The summed E-state index contributed by atoms with van der Waals surface area (Å²) in [5.74, 6) is 0.373. The molecule has 0 aromatic heterocycles. The zero-order valence-electron chi connectivity index (χ0n) is 9.76. The molecule has 0 aliphatic carbocycles. The Kier molecular flexibility index (Phi) is 5.78. The summed E-state index contributed by atoms with van der Waals surface area (Å²) in [6, 6.07) is 3.53. The fourth-order valence-corrected chi connectivity index (χ4v) is 2.58. The molecule has 0 saturated heterocycles. The number of hydrogen-bond acceptors (Lipinski definition) is 3. The molecule has 0 heterocycles. The third-order valence-corrected chi connectivity index (χ3v) is 3.17. The Hall–Kier alpha value is -0.740. The Bertz CT molecular complexity index is 407. The number of carbonyl (C=O) groups is 1. The first-order valence-corrected chi connectivity index (χ1v) is 6.69. The highest BCUT2D eigenvalue weighted by molar-refractivity contribution is 9.08. The predicted molar refractivity (Wildman–Crippen MR) is 71.0 cm³/mol. The molecule has 0 fully saturated rings. The summed E-state index contributed by atoms with van der Waals surface area (Å²) >= 11 is 9.47. The van der Waals surface area contributed by atoms with E-state index in [2.05, 4.69) is 15.9 Å². The number of halogens is 2. The molecule has 0 aliphatic heterocycles. The zero-order chi connectivity index (χ0) is 12.8. The molecular weight excluding hydrogens is 307 g/mol. The van der Waals surface area contributed by atoms with Crippen LogP contribution in [0.25, 0.3) is 0 Å². The van der Waals surface area contributed by atoms with Crippen LogP contribution in [-0.2, 0) is 21.3 Å². The smallest absolute Gasteiger partial charge is 0.310 e. The van der Waals surface area contributed by atoms with E-state index in [-0.39, 0.29) is 12.4 Å². The summed E-state index contributed by atoms with van der Waals surface area (Å²) in [5.41, 5.74) is 1.71. The van der Waals surface area contributed by atoms with Crippen LogP contribution in [0.15, 0.2) is 12.1 Å². The number of benzene rings is 1. The molecule has 0 saturated carbocycles. The highest BCUT2D eigenvalue weighted by Crippen LogP contribution is 2.29. The van der Waals surface area contributed by atoms with Crippen molar-refractivity contribution in [3.63, 3.8) is 0 Å². The quantitative estimate of drug-likeness (QED) is 0.616. The molecule has 0 amide bonds. The lowest BCUT2D eigenvalue weighted by molar-refractivity contribution is -0.142. The van der Waals surface area contributed by atoms with Crippen molar-refractivity contribution in [1.82, 2.24) is 0 Å². The Balaban J connectivity index is 3.02. The number of alkyl halides is 1.